The first kappa shape index (κ1) is 25.8. The average Bonchev–Trinajstić information content (AvgIpc) is 3.28. The van der Waals surface area contributed by atoms with Crippen molar-refractivity contribution in [2.75, 3.05) is 25.0 Å². The van der Waals surface area contributed by atoms with Gasteiger partial charge < -0.3 is 24.3 Å². The molecule has 1 aromatic heterocycles. The second-order valence-corrected chi connectivity index (χ2v) is 11.4. The Balaban J connectivity index is 1.60. The molecule has 0 spiro atoms. The number of halogens is 3. The Kier molecular flexibility index (Phi) is 6.45. The fraction of sp³-hybridized carbons (Fsp3) is 0.455. The Bertz CT molecular complexity index is 1310. The molecule has 14 heteroatoms. The van der Waals surface area contributed by atoms with E-state index < -0.39 is 57.0 Å². The number of hydrogen-bond donors (Lipinski definition) is 2. The predicted molar refractivity (Wildman–Crippen MR) is 121 cm³/mol. The van der Waals surface area contributed by atoms with Crippen molar-refractivity contribution >= 4 is 27.7 Å². The van der Waals surface area contributed by atoms with Crippen molar-refractivity contribution < 1.29 is 40.7 Å². The van der Waals surface area contributed by atoms with E-state index in [0.717, 1.165) is 0 Å². The molecule has 0 aliphatic carbocycles. The molecule has 1 saturated heterocycles. The molecule has 0 radical (unpaired) electrons. The highest BCUT2D eigenvalue weighted by atomic mass is 32.2. The van der Waals surface area contributed by atoms with Crippen molar-refractivity contribution in [2.24, 2.45) is 13.0 Å². The average molecular weight is 531 g/mol. The van der Waals surface area contributed by atoms with Gasteiger partial charge in [0, 0.05) is 56.1 Å². The minimum Gasteiger partial charge on any atom is -0.489 e. The number of nitrogens with one attached hydrogen (secondary N) is 2. The number of hydrogen-bond acceptors (Lipinski definition) is 6. The first-order valence-electron chi connectivity index (χ1n) is 10.9. The molecule has 196 valence electrons. The third kappa shape index (κ3) is 5.00. The van der Waals surface area contributed by atoms with Gasteiger partial charge in [-0.1, -0.05) is 0 Å². The highest BCUT2D eigenvalue weighted by Crippen LogP contribution is 2.35. The van der Waals surface area contributed by atoms with Crippen LogP contribution in [0.15, 0.2) is 23.2 Å². The second kappa shape index (κ2) is 9.00. The first-order chi connectivity index (χ1) is 16.7. The summed E-state index contributed by atoms with van der Waals surface area (Å²) in [6.45, 7) is 5.33. The van der Waals surface area contributed by atoms with Crippen LogP contribution < -0.4 is 14.8 Å². The normalized spacial score (nSPS) is 21.0. The quantitative estimate of drug-likeness (QED) is 0.577. The number of sulfonamides is 1. The minimum absolute atomic E-state index is 0.0381. The molecular weight excluding hydrogens is 505 g/mol. The number of rotatable bonds is 2. The molecule has 2 atom stereocenters. The van der Waals surface area contributed by atoms with Crippen molar-refractivity contribution in [1.29, 1.82) is 0 Å². The summed E-state index contributed by atoms with van der Waals surface area (Å²) in [6, 6.07) is 0.533. The molecule has 4 rings (SSSR count). The maximum atomic E-state index is 13.6. The number of ether oxygens (including phenoxy) is 2. The number of nitrogens with zero attached hydrogens (tertiary/aromatic N) is 2. The van der Waals surface area contributed by atoms with E-state index in [2.05, 4.69) is 10.0 Å². The summed E-state index contributed by atoms with van der Waals surface area (Å²) in [5.74, 6) is -6.34. The number of carbonyl (C=O) groups excluding carboxylic acids is 2. The van der Waals surface area contributed by atoms with Gasteiger partial charge in [-0.05, 0) is 20.8 Å². The van der Waals surface area contributed by atoms with E-state index in [-0.39, 0.29) is 41.7 Å². The Morgan fingerprint density at radius 3 is 2.42 bits per heavy atom. The summed E-state index contributed by atoms with van der Waals surface area (Å²) in [5.41, 5.74) is -1.34. The number of aryl methyl sites for hydroxylation is 1. The molecule has 36 heavy (non-hydrogen) atoms. The standard InChI is InChI=1S/C22H25F3N4O6S/c1-22(2,3)35-21(31)29-7-11-10-34-19-16(36(32,33)27-15(11)8-29)9-28(4)18(19)20(30)26-12-5-13(23)17(25)14(24)6-12/h5-6,9,11,15,27H,7-8,10H2,1-4H3,(H,26,30)/t11-,15-/m1/s1. The van der Waals surface area contributed by atoms with Crippen LogP contribution in [0.4, 0.5) is 23.7 Å². The molecule has 2 aromatic rings. The third-order valence-electron chi connectivity index (χ3n) is 5.69. The molecule has 2 amide bonds. The van der Waals surface area contributed by atoms with Crippen molar-refractivity contribution in [2.45, 2.75) is 37.3 Å². The van der Waals surface area contributed by atoms with Gasteiger partial charge in [0.2, 0.25) is 10.0 Å². The van der Waals surface area contributed by atoms with Gasteiger partial charge in [-0.3, -0.25) is 4.79 Å². The summed E-state index contributed by atoms with van der Waals surface area (Å²) in [4.78, 5) is 26.5. The zero-order valence-corrected chi connectivity index (χ0v) is 20.7. The highest BCUT2D eigenvalue weighted by molar-refractivity contribution is 7.89. The van der Waals surface area contributed by atoms with Gasteiger partial charge in [0.05, 0.1) is 6.61 Å². The van der Waals surface area contributed by atoms with Crippen LogP contribution in [0, 0.1) is 23.4 Å². The lowest BCUT2D eigenvalue weighted by Gasteiger charge is -2.24. The lowest BCUT2D eigenvalue weighted by Crippen LogP contribution is -2.44. The highest BCUT2D eigenvalue weighted by Gasteiger charge is 2.43. The monoisotopic (exact) mass is 530 g/mol. The number of fused-ring (bicyclic) bond motifs is 2. The van der Waals surface area contributed by atoms with Gasteiger partial charge in [0.25, 0.3) is 5.91 Å². The van der Waals surface area contributed by atoms with E-state index in [1.54, 1.807) is 20.8 Å². The van der Waals surface area contributed by atoms with Crippen LogP contribution in [0.25, 0.3) is 0 Å². The molecule has 10 nitrogen and oxygen atoms in total. The van der Waals surface area contributed by atoms with Crippen molar-refractivity contribution in [3.63, 3.8) is 0 Å². The summed E-state index contributed by atoms with van der Waals surface area (Å²) in [6.07, 6.45) is 0.574. The van der Waals surface area contributed by atoms with E-state index in [1.165, 1.54) is 22.7 Å². The molecule has 1 fully saturated rings. The molecule has 1 aromatic carbocycles. The second-order valence-electron chi connectivity index (χ2n) is 9.67. The van der Waals surface area contributed by atoms with E-state index in [9.17, 15) is 31.2 Å². The van der Waals surface area contributed by atoms with Crippen molar-refractivity contribution in [3.8, 4) is 5.75 Å². The Hall–Kier alpha value is -3.26. The zero-order chi connectivity index (χ0) is 26.6. The Labute approximate surface area is 205 Å². The number of aromatic nitrogens is 1. The summed E-state index contributed by atoms with van der Waals surface area (Å²) in [7, 11) is -2.79. The van der Waals surface area contributed by atoms with Crippen LogP contribution in [0.3, 0.4) is 0 Å². The number of amides is 2. The van der Waals surface area contributed by atoms with Crippen molar-refractivity contribution in [1.82, 2.24) is 14.2 Å². The number of likely N-dealkylation sites (tertiary alicyclic amines) is 1. The maximum Gasteiger partial charge on any atom is 0.410 e. The Morgan fingerprint density at radius 2 is 1.81 bits per heavy atom. The zero-order valence-electron chi connectivity index (χ0n) is 19.9. The van der Waals surface area contributed by atoms with Crippen LogP contribution in [0.2, 0.25) is 0 Å². The molecule has 0 unspecified atom stereocenters. The summed E-state index contributed by atoms with van der Waals surface area (Å²) in [5, 5.41) is 2.23. The van der Waals surface area contributed by atoms with Crippen LogP contribution >= 0.6 is 0 Å². The molecule has 3 heterocycles. The maximum absolute atomic E-state index is 13.6. The van der Waals surface area contributed by atoms with E-state index in [1.807, 2.05) is 0 Å². The van der Waals surface area contributed by atoms with Crippen LogP contribution in [0.1, 0.15) is 31.3 Å². The molecule has 2 aliphatic rings. The number of benzene rings is 1. The van der Waals surface area contributed by atoms with Gasteiger partial charge >= 0.3 is 6.09 Å². The summed E-state index contributed by atoms with van der Waals surface area (Å²) >= 11 is 0. The largest absolute Gasteiger partial charge is 0.489 e. The lowest BCUT2D eigenvalue weighted by atomic mass is 10.1. The molecular formula is C22H25F3N4O6S. The number of anilines is 1. The van der Waals surface area contributed by atoms with Crippen molar-refractivity contribution in [3.05, 3.63) is 41.5 Å². The van der Waals surface area contributed by atoms with Gasteiger partial charge in [-0.2, -0.15) is 0 Å². The van der Waals surface area contributed by atoms with Crippen LogP contribution in [-0.2, 0) is 21.8 Å². The fourth-order valence-corrected chi connectivity index (χ4v) is 5.58. The molecule has 0 saturated carbocycles. The van der Waals surface area contributed by atoms with Crippen LogP contribution in [0.5, 0.6) is 5.75 Å². The molecule has 2 N–H and O–H groups in total. The smallest absolute Gasteiger partial charge is 0.410 e. The van der Waals surface area contributed by atoms with Gasteiger partial charge in [-0.15, -0.1) is 0 Å². The Morgan fingerprint density at radius 1 is 1.17 bits per heavy atom. The third-order valence-corrected chi connectivity index (χ3v) is 7.17. The minimum atomic E-state index is -4.19. The van der Waals surface area contributed by atoms with Crippen LogP contribution in [-0.4, -0.2) is 61.2 Å². The van der Waals surface area contributed by atoms with Gasteiger partial charge in [-0.25, -0.2) is 31.1 Å². The predicted octanol–water partition coefficient (Wildman–Crippen LogP) is 2.60. The lowest BCUT2D eigenvalue weighted by molar-refractivity contribution is 0.0283. The fourth-order valence-electron chi connectivity index (χ4n) is 4.09. The topological polar surface area (TPSA) is 119 Å². The SMILES string of the molecule is Cn1cc2c(c1C(=O)Nc1cc(F)c(F)c(F)c1)OC[C@H]1CN(C(=O)OC(C)(C)C)C[C@H]1NS2(=O)=O. The van der Waals surface area contributed by atoms with E-state index >= 15 is 0 Å². The molecule has 2 aliphatic heterocycles. The first-order valence-corrected chi connectivity index (χ1v) is 12.4. The summed E-state index contributed by atoms with van der Waals surface area (Å²) < 4.78 is 81.6. The van der Waals surface area contributed by atoms with E-state index in [4.69, 9.17) is 9.47 Å². The van der Waals surface area contributed by atoms with E-state index in [0.29, 0.717) is 12.1 Å². The van der Waals surface area contributed by atoms with Gasteiger partial charge in [0.15, 0.2) is 28.9 Å². The number of carbonyl (C=O) groups is 2. The van der Waals surface area contributed by atoms with Gasteiger partial charge in [0.1, 0.15) is 10.5 Å². The molecule has 0 bridgehead atoms.